The zero-order valence-electron chi connectivity index (χ0n) is 13.5. The highest BCUT2D eigenvalue weighted by atomic mass is 32.1. The van der Waals surface area contributed by atoms with Gasteiger partial charge in [0.1, 0.15) is 17.9 Å². The Bertz CT molecular complexity index is 921. The van der Waals surface area contributed by atoms with Crippen molar-refractivity contribution in [1.82, 2.24) is 19.5 Å². The molecule has 0 aliphatic carbocycles. The fraction of sp³-hybridized carbons (Fsp3) is 0.438. The summed E-state index contributed by atoms with van der Waals surface area (Å²) in [5.74, 6) is 0.595. The third-order valence-corrected chi connectivity index (χ3v) is 4.85. The predicted octanol–water partition coefficient (Wildman–Crippen LogP) is 2.19. The summed E-state index contributed by atoms with van der Waals surface area (Å²) in [4.78, 5) is 24.7. The van der Waals surface area contributed by atoms with Gasteiger partial charge in [-0.25, -0.2) is 4.68 Å². The van der Waals surface area contributed by atoms with Gasteiger partial charge in [-0.2, -0.15) is 5.10 Å². The van der Waals surface area contributed by atoms with Crippen LogP contribution < -0.4 is 10.9 Å². The number of aryl methyl sites for hydroxylation is 1. The second kappa shape index (κ2) is 6.16. The number of nitrogens with zero attached hydrogens (tertiary/aromatic N) is 3. The molecule has 7 heteroatoms. The van der Waals surface area contributed by atoms with E-state index in [1.54, 1.807) is 11.3 Å². The van der Waals surface area contributed by atoms with Crippen LogP contribution >= 0.6 is 11.3 Å². The zero-order chi connectivity index (χ0) is 16.6. The number of aromatic nitrogens is 3. The van der Waals surface area contributed by atoms with E-state index in [1.165, 1.54) is 4.68 Å². The first-order valence-electron chi connectivity index (χ1n) is 7.83. The number of thiophene rings is 1. The summed E-state index contributed by atoms with van der Waals surface area (Å²) in [6.45, 7) is 5.89. The van der Waals surface area contributed by atoms with Crippen molar-refractivity contribution >= 4 is 33.0 Å². The van der Waals surface area contributed by atoms with Crippen molar-refractivity contribution < 1.29 is 4.79 Å². The first-order chi connectivity index (χ1) is 11.0. The van der Waals surface area contributed by atoms with Crippen LogP contribution in [0, 0.1) is 0 Å². The van der Waals surface area contributed by atoms with E-state index < -0.39 is 0 Å². The van der Waals surface area contributed by atoms with Crippen LogP contribution in [-0.2, 0) is 17.8 Å². The van der Waals surface area contributed by atoms with Crippen molar-refractivity contribution in [2.75, 3.05) is 0 Å². The van der Waals surface area contributed by atoms with Gasteiger partial charge in [0, 0.05) is 12.5 Å². The molecule has 3 aromatic rings. The van der Waals surface area contributed by atoms with Gasteiger partial charge >= 0.3 is 0 Å². The molecule has 3 rings (SSSR count). The summed E-state index contributed by atoms with van der Waals surface area (Å²) in [6, 6.07) is 3.96. The van der Waals surface area contributed by atoms with Gasteiger partial charge in [-0.15, -0.1) is 11.3 Å². The molecule has 0 aromatic carbocycles. The van der Waals surface area contributed by atoms with Crippen LogP contribution in [0.4, 0.5) is 0 Å². The highest BCUT2D eigenvalue weighted by Crippen LogP contribution is 2.24. The summed E-state index contributed by atoms with van der Waals surface area (Å²) < 4.78 is 4.23. The van der Waals surface area contributed by atoms with Gasteiger partial charge < -0.3 is 5.32 Å². The smallest absolute Gasteiger partial charge is 0.291 e. The zero-order valence-corrected chi connectivity index (χ0v) is 14.3. The van der Waals surface area contributed by atoms with E-state index >= 15 is 0 Å². The van der Waals surface area contributed by atoms with Crippen LogP contribution in [0.5, 0.6) is 0 Å². The molecule has 23 heavy (non-hydrogen) atoms. The van der Waals surface area contributed by atoms with Gasteiger partial charge in [0.25, 0.3) is 5.56 Å². The Hall–Kier alpha value is -2.15. The lowest BCUT2D eigenvalue weighted by atomic mass is 10.2. The summed E-state index contributed by atoms with van der Waals surface area (Å²) in [5, 5.41) is 9.28. The number of rotatable bonds is 5. The number of hydrogen-bond donors (Lipinski definition) is 1. The number of carbonyl (C=O) groups excluding carboxylic acids is 1. The highest BCUT2D eigenvalue weighted by molar-refractivity contribution is 7.17. The fourth-order valence-electron chi connectivity index (χ4n) is 2.62. The van der Waals surface area contributed by atoms with E-state index in [-0.39, 0.29) is 24.1 Å². The van der Waals surface area contributed by atoms with Gasteiger partial charge in [0.15, 0.2) is 0 Å². The average Bonchev–Trinajstić information content (AvgIpc) is 3.11. The molecule has 0 saturated heterocycles. The topological polar surface area (TPSA) is 68.4 Å². The van der Waals surface area contributed by atoms with E-state index in [0.29, 0.717) is 11.9 Å². The average molecular weight is 332 g/mol. The Morgan fingerprint density at radius 2 is 2.17 bits per heavy atom. The van der Waals surface area contributed by atoms with Gasteiger partial charge in [0.2, 0.25) is 5.91 Å². The van der Waals surface area contributed by atoms with Crippen molar-refractivity contribution in [3.05, 3.63) is 33.7 Å². The number of amides is 1. The van der Waals surface area contributed by atoms with E-state index in [2.05, 4.69) is 10.4 Å². The maximum absolute atomic E-state index is 12.7. The molecule has 122 valence electrons. The molecule has 3 heterocycles. The lowest BCUT2D eigenvalue weighted by Gasteiger charge is -2.13. The SMILES string of the molecule is CCc1nn(CC(=O)N[C@@H](C)CC)c(=O)c2cc3sccc3n12. The predicted molar refractivity (Wildman–Crippen MR) is 92.1 cm³/mol. The number of carbonyl (C=O) groups is 1. The Balaban J connectivity index is 2.06. The van der Waals surface area contributed by atoms with E-state index in [9.17, 15) is 9.59 Å². The van der Waals surface area contributed by atoms with Crippen LogP contribution in [0.2, 0.25) is 0 Å². The molecule has 0 spiro atoms. The van der Waals surface area contributed by atoms with Crippen LogP contribution in [0.3, 0.4) is 0 Å². The molecule has 0 fully saturated rings. The third-order valence-electron chi connectivity index (χ3n) is 4.00. The van der Waals surface area contributed by atoms with Crippen LogP contribution in [0.25, 0.3) is 15.7 Å². The van der Waals surface area contributed by atoms with Crippen molar-refractivity contribution in [1.29, 1.82) is 0 Å². The molecule has 0 aliphatic heterocycles. The van der Waals surface area contributed by atoms with Gasteiger partial charge in [-0.05, 0) is 30.9 Å². The van der Waals surface area contributed by atoms with Crippen molar-refractivity contribution in [2.24, 2.45) is 0 Å². The minimum Gasteiger partial charge on any atom is -0.352 e. The van der Waals surface area contributed by atoms with Crippen molar-refractivity contribution in [3.8, 4) is 0 Å². The van der Waals surface area contributed by atoms with Crippen molar-refractivity contribution in [3.63, 3.8) is 0 Å². The highest BCUT2D eigenvalue weighted by Gasteiger charge is 2.16. The Morgan fingerprint density at radius 3 is 2.87 bits per heavy atom. The van der Waals surface area contributed by atoms with Gasteiger partial charge in [0.05, 0.1) is 10.2 Å². The summed E-state index contributed by atoms with van der Waals surface area (Å²) in [7, 11) is 0. The molecule has 1 amide bonds. The summed E-state index contributed by atoms with van der Waals surface area (Å²) in [5.41, 5.74) is 1.35. The monoisotopic (exact) mass is 332 g/mol. The minimum absolute atomic E-state index is 0.0501. The van der Waals surface area contributed by atoms with E-state index in [0.717, 1.165) is 22.5 Å². The first kappa shape index (κ1) is 15.7. The van der Waals surface area contributed by atoms with Gasteiger partial charge in [-0.1, -0.05) is 13.8 Å². The molecule has 3 aromatic heterocycles. The molecule has 0 radical (unpaired) electrons. The number of hydrogen-bond acceptors (Lipinski definition) is 4. The molecule has 0 aliphatic rings. The molecule has 0 saturated carbocycles. The molecule has 0 bridgehead atoms. The van der Waals surface area contributed by atoms with Crippen LogP contribution in [-0.4, -0.2) is 26.1 Å². The maximum atomic E-state index is 12.7. The van der Waals surface area contributed by atoms with E-state index in [4.69, 9.17) is 0 Å². The fourth-order valence-corrected chi connectivity index (χ4v) is 3.42. The quantitative estimate of drug-likeness (QED) is 0.779. The Labute approximate surface area is 137 Å². The third kappa shape index (κ3) is 2.76. The van der Waals surface area contributed by atoms with Crippen molar-refractivity contribution in [2.45, 2.75) is 46.2 Å². The Morgan fingerprint density at radius 1 is 1.39 bits per heavy atom. The van der Waals surface area contributed by atoms with Crippen LogP contribution in [0.15, 0.2) is 22.3 Å². The summed E-state index contributed by atoms with van der Waals surface area (Å²) in [6.07, 6.45) is 1.53. The number of nitrogens with one attached hydrogen (secondary N) is 1. The Kier molecular flexibility index (Phi) is 4.21. The molecule has 0 unspecified atom stereocenters. The molecule has 6 nitrogen and oxygen atoms in total. The lowest BCUT2D eigenvalue weighted by molar-refractivity contribution is -0.122. The summed E-state index contributed by atoms with van der Waals surface area (Å²) >= 11 is 1.60. The van der Waals surface area contributed by atoms with E-state index in [1.807, 2.05) is 42.7 Å². The standard InChI is InChI=1S/C16H20N4O2S/c1-4-10(3)17-15(21)9-19-16(22)12-8-13-11(6-7-23-13)20(12)14(5-2)18-19/h6-8,10H,4-5,9H2,1-3H3,(H,17,21)/t10-/m0/s1. The lowest BCUT2D eigenvalue weighted by Crippen LogP contribution is -2.38. The molecule has 1 N–H and O–H groups in total. The second-order valence-electron chi connectivity index (χ2n) is 5.64. The minimum atomic E-state index is -0.232. The second-order valence-corrected chi connectivity index (χ2v) is 6.59. The normalized spacial score (nSPS) is 12.8. The number of fused-ring (bicyclic) bond motifs is 3. The first-order valence-corrected chi connectivity index (χ1v) is 8.71. The van der Waals surface area contributed by atoms with Gasteiger partial charge in [-0.3, -0.25) is 14.0 Å². The molecular formula is C16H20N4O2S. The maximum Gasteiger partial charge on any atom is 0.291 e. The molecular weight excluding hydrogens is 312 g/mol. The van der Waals surface area contributed by atoms with Crippen LogP contribution in [0.1, 0.15) is 33.0 Å². The largest absolute Gasteiger partial charge is 0.352 e. The molecule has 1 atom stereocenters.